The Morgan fingerprint density at radius 1 is 1.46 bits per heavy atom. The molecule has 1 saturated carbocycles. The molecule has 8 nitrogen and oxygen atoms in total. The standard InChI is InChI=1S/C16H26N4O4/c1-10(2)23-9-12(21)8-20-7-3-4-13(20)16-18-14(19-24-16)15(22)17-11-5-6-11/h10-13,21H,3-9H2,1-2H3,(H,17,22)/t12-,13+/m1/s1. The van der Waals surface area contributed by atoms with Crippen LogP contribution < -0.4 is 5.32 Å². The lowest BCUT2D eigenvalue weighted by atomic mass is 10.2. The number of amides is 1. The highest BCUT2D eigenvalue weighted by molar-refractivity contribution is 5.90. The molecule has 3 rings (SSSR count). The zero-order chi connectivity index (χ0) is 17.1. The number of hydrogen-bond donors (Lipinski definition) is 2. The van der Waals surface area contributed by atoms with Crippen LogP contribution in [0.15, 0.2) is 4.52 Å². The topological polar surface area (TPSA) is 101 Å². The third kappa shape index (κ3) is 4.52. The molecular weight excluding hydrogens is 312 g/mol. The Morgan fingerprint density at radius 2 is 2.25 bits per heavy atom. The maximum Gasteiger partial charge on any atom is 0.292 e. The highest BCUT2D eigenvalue weighted by atomic mass is 16.5. The fourth-order valence-corrected chi connectivity index (χ4v) is 2.89. The molecule has 1 aliphatic heterocycles. The maximum absolute atomic E-state index is 12.0. The smallest absolute Gasteiger partial charge is 0.292 e. The normalized spacial score (nSPS) is 22.9. The van der Waals surface area contributed by atoms with Crippen LogP contribution in [0.2, 0.25) is 0 Å². The SMILES string of the molecule is CC(C)OC[C@H](O)CN1CCC[C@H]1c1nc(C(=O)NC2CC2)no1. The predicted molar refractivity (Wildman–Crippen MR) is 85.4 cm³/mol. The van der Waals surface area contributed by atoms with Crippen molar-refractivity contribution in [3.63, 3.8) is 0 Å². The van der Waals surface area contributed by atoms with Crippen LogP contribution in [0.25, 0.3) is 0 Å². The van der Waals surface area contributed by atoms with E-state index in [4.69, 9.17) is 9.26 Å². The molecule has 2 atom stereocenters. The van der Waals surface area contributed by atoms with Gasteiger partial charge in [-0.3, -0.25) is 9.69 Å². The summed E-state index contributed by atoms with van der Waals surface area (Å²) in [5.41, 5.74) is 0. The first-order chi connectivity index (χ1) is 11.5. The predicted octanol–water partition coefficient (Wildman–Crippen LogP) is 0.885. The summed E-state index contributed by atoms with van der Waals surface area (Å²) in [7, 11) is 0. The van der Waals surface area contributed by atoms with Gasteiger partial charge in [0.2, 0.25) is 5.89 Å². The van der Waals surface area contributed by atoms with Gasteiger partial charge in [-0.1, -0.05) is 5.16 Å². The van der Waals surface area contributed by atoms with Crippen molar-refractivity contribution in [1.82, 2.24) is 20.4 Å². The number of likely N-dealkylation sites (tertiary alicyclic amines) is 1. The maximum atomic E-state index is 12.0. The third-order valence-corrected chi connectivity index (χ3v) is 4.27. The first-order valence-corrected chi connectivity index (χ1v) is 8.71. The monoisotopic (exact) mass is 338 g/mol. The lowest BCUT2D eigenvalue weighted by Crippen LogP contribution is -2.35. The molecular formula is C16H26N4O4. The second-order valence-corrected chi connectivity index (χ2v) is 6.89. The van der Waals surface area contributed by atoms with Gasteiger partial charge in [-0.05, 0) is 46.1 Å². The van der Waals surface area contributed by atoms with Gasteiger partial charge in [0.25, 0.3) is 11.7 Å². The van der Waals surface area contributed by atoms with Crippen LogP contribution in [0.3, 0.4) is 0 Å². The minimum atomic E-state index is -0.562. The Morgan fingerprint density at radius 3 is 2.96 bits per heavy atom. The molecule has 24 heavy (non-hydrogen) atoms. The van der Waals surface area contributed by atoms with Gasteiger partial charge >= 0.3 is 0 Å². The summed E-state index contributed by atoms with van der Waals surface area (Å²) in [4.78, 5) is 18.3. The summed E-state index contributed by atoms with van der Waals surface area (Å²) in [6, 6.07) is 0.215. The number of aliphatic hydroxyl groups is 1. The highest BCUT2D eigenvalue weighted by Gasteiger charge is 2.33. The fourth-order valence-electron chi connectivity index (χ4n) is 2.89. The van der Waals surface area contributed by atoms with Gasteiger partial charge in [-0.15, -0.1) is 0 Å². The molecule has 0 aromatic carbocycles. The molecule has 0 spiro atoms. The summed E-state index contributed by atoms with van der Waals surface area (Å²) in [5.74, 6) is 0.264. The van der Waals surface area contributed by atoms with Gasteiger partial charge in [-0.2, -0.15) is 4.98 Å². The largest absolute Gasteiger partial charge is 0.389 e. The molecule has 134 valence electrons. The van der Waals surface area contributed by atoms with Crippen molar-refractivity contribution in [2.75, 3.05) is 19.7 Å². The number of hydrogen-bond acceptors (Lipinski definition) is 7. The average Bonchev–Trinajstić information content (AvgIpc) is 3.03. The van der Waals surface area contributed by atoms with E-state index in [1.165, 1.54) is 0 Å². The van der Waals surface area contributed by atoms with Crippen LogP contribution >= 0.6 is 0 Å². The number of rotatable bonds is 8. The number of carbonyl (C=O) groups excluding carboxylic acids is 1. The van der Waals surface area contributed by atoms with E-state index < -0.39 is 6.10 Å². The van der Waals surface area contributed by atoms with Crippen LogP contribution in [0.5, 0.6) is 0 Å². The Labute approximate surface area is 141 Å². The molecule has 1 amide bonds. The van der Waals surface area contributed by atoms with Gasteiger partial charge in [0, 0.05) is 12.6 Å². The minimum absolute atomic E-state index is 0.0475. The summed E-state index contributed by atoms with van der Waals surface area (Å²) in [5, 5.41) is 16.8. The first kappa shape index (κ1) is 17.3. The zero-order valence-corrected chi connectivity index (χ0v) is 14.3. The summed E-state index contributed by atoms with van der Waals surface area (Å²) < 4.78 is 10.8. The Bertz CT molecular complexity index is 558. The Balaban J connectivity index is 1.56. The van der Waals surface area contributed by atoms with Crippen molar-refractivity contribution in [3.05, 3.63) is 11.7 Å². The summed E-state index contributed by atoms with van der Waals surface area (Å²) >= 11 is 0. The Kier molecular flexibility index (Phi) is 5.47. The van der Waals surface area contributed by atoms with E-state index in [2.05, 4.69) is 20.4 Å². The molecule has 2 aliphatic rings. The van der Waals surface area contributed by atoms with Crippen LogP contribution in [0.1, 0.15) is 62.1 Å². The number of aliphatic hydroxyl groups excluding tert-OH is 1. The van der Waals surface area contributed by atoms with Gasteiger partial charge in [0.15, 0.2) is 0 Å². The van der Waals surface area contributed by atoms with Crippen molar-refractivity contribution >= 4 is 5.91 Å². The lowest BCUT2D eigenvalue weighted by Gasteiger charge is -2.24. The molecule has 1 aromatic heterocycles. The van der Waals surface area contributed by atoms with Gasteiger partial charge in [0.05, 0.1) is 24.9 Å². The van der Waals surface area contributed by atoms with Crippen molar-refractivity contribution in [2.45, 2.75) is 63.8 Å². The average molecular weight is 338 g/mol. The zero-order valence-electron chi connectivity index (χ0n) is 14.3. The number of nitrogens with one attached hydrogen (secondary N) is 1. The molecule has 0 unspecified atom stereocenters. The summed E-state index contributed by atoms with van der Waals surface area (Å²) in [6.07, 6.45) is 3.44. The van der Waals surface area contributed by atoms with Crippen LogP contribution in [0.4, 0.5) is 0 Å². The van der Waals surface area contributed by atoms with E-state index in [1.807, 2.05) is 13.8 Å². The minimum Gasteiger partial charge on any atom is -0.389 e. The molecule has 0 bridgehead atoms. The fraction of sp³-hybridized carbons (Fsp3) is 0.812. The number of aromatic nitrogens is 2. The van der Waals surface area contributed by atoms with Crippen LogP contribution in [-0.4, -0.2) is 64.0 Å². The second kappa shape index (κ2) is 7.58. The molecule has 1 aliphatic carbocycles. The first-order valence-electron chi connectivity index (χ1n) is 8.71. The van der Waals surface area contributed by atoms with Gasteiger partial charge < -0.3 is 19.7 Å². The third-order valence-electron chi connectivity index (χ3n) is 4.27. The van der Waals surface area contributed by atoms with Gasteiger partial charge in [0.1, 0.15) is 0 Å². The second-order valence-electron chi connectivity index (χ2n) is 6.89. The molecule has 1 saturated heterocycles. The number of β-amino-alcohol motifs (C(OH)–C–C–N with tert-alkyl or cyclic N) is 1. The molecule has 2 fully saturated rings. The molecule has 2 N–H and O–H groups in total. The van der Waals surface area contributed by atoms with E-state index in [0.717, 1.165) is 32.2 Å². The van der Waals surface area contributed by atoms with E-state index in [-0.39, 0.29) is 29.9 Å². The molecule has 8 heteroatoms. The van der Waals surface area contributed by atoms with E-state index in [0.29, 0.717) is 19.0 Å². The number of nitrogens with zero attached hydrogens (tertiary/aromatic N) is 3. The molecule has 2 heterocycles. The van der Waals surface area contributed by atoms with Crippen molar-refractivity contribution < 1.29 is 19.2 Å². The molecule has 0 radical (unpaired) electrons. The quantitative estimate of drug-likeness (QED) is 0.726. The lowest BCUT2D eigenvalue weighted by molar-refractivity contribution is -0.0115. The van der Waals surface area contributed by atoms with Crippen molar-refractivity contribution in [1.29, 1.82) is 0 Å². The van der Waals surface area contributed by atoms with E-state index >= 15 is 0 Å². The van der Waals surface area contributed by atoms with Gasteiger partial charge in [-0.25, -0.2) is 0 Å². The van der Waals surface area contributed by atoms with Crippen molar-refractivity contribution in [3.8, 4) is 0 Å². The van der Waals surface area contributed by atoms with Crippen LogP contribution in [0, 0.1) is 0 Å². The number of carbonyl (C=O) groups is 1. The summed E-state index contributed by atoms with van der Waals surface area (Å²) in [6.45, 7) is 5.54. The van der Waals surface area contributed by atoms with E-state index in [1.54, 1.807) is 0 Å². The molecule has 1 aromatic rings. The highest BCUT2D eigenvalue weighted by Crippen LogP contribution is 2.31. The Hall–Kier alpha value is -1.51. The van der Waals surface area contributed by atoms with E-state index in [9.17, 15) is 9.90 Å². The van der Waals surface area contributed by atoms with Crippen LogP contribution in [-0.2, 0) is 4.74 Å². The number of ether oxygens (including phenoxy) is 1. The van der Waals surface area contributed by atoms with Crippen molar-refractivity contribution in [2.24, 2.45) is 0 Å².